The summed E-state index contributed by atoms with van der Waals surface area (Å²) in [6.07, 6.45) is 2.85. The Morgan fingerprint density at radius 2 is 2.08 bits per heavy atom. The van der Waals surface area contributed by atoms with Gasteiger partial charge >= 0.3 is 5.97 Å². The van der Waals surface area contributed by atoms with Gasteiger partial charge in [0.15, 0.2) is 0 Å². The van der Waals surface area contributed by atoms with Crippen LogP contribution < -0.4 is 10.7 Å². The molecule has 0 spiro atoms. The van der Waals surface area contributed by atoms with Crippen molar-refractivity contribution in [1.29, 1.82) is 0 Å². The lowest BCUT2D eigenvalue weighted by atomic mass is 10.1. The van der Waals surface area contributed by atoms with E-state index in [4.69, 9.17) is 4.74 Å². The minimum atomic E-state index is -0.687. The van der Waals surface area contributed by atoms with Crippen molar-refractivity contribution >= 4 is 28.5 Å². The van der Waals surface area contributed by atoms with Crippen LogP contribution >= 0.6 is 0 Å². The molecule has 25 heavy (non-hydrogen) atoms. The molecule has 0 aliphatic heterocycles. The molecule has 1 amide bonds. The van der Waals surface area contributed by atoms with Crippen LogP contribution in [0.1, 0.15) is 27.8 Å². The molecule has 0 radical (unpaired) electrons. The van der Waals surface area contributed by atoms with Crippen LogP contribution in [-0.2, 0) is 4.74 Å². The van der Waals surface area contributed by atoms with Gasteiger partial charge in [-0.25, -0.2) is 4.79 Å². The fourth-order valence-electron chi connectivity index (χ4n) is 2.35. The van der Waals surface area contributed by atoms with Crippen molar-refractivity contribution in [1.82, 2.24) is 9.97 Å². The Labute approximate surface area is 142 Å². The van der Waals surface area contributed by atoms with Gasteiger partial charge in [-0.2, -0.15) is 0 Å². The molecule has 1 aromatic carbocycles. The van der Waals surface area contributed by atoms with Crippen LogP contribution in [0.4, 0.5) is 5.69 Å². The van der Waals surface area contributed by atoms with Crippen molar-refractivity contribution in [2.24, 2.45) is 0 Å². The Morgan fingerprint density at radius 1 is 1.24 bits per heavy atom. The largest absolute Gasteiger partial charge is 0.462 e. The van der Waals surface area contributed by atoms with E-state index in [0.29, 0.717) is 11.2 Å². The molecule has 2 aromatic heterocycles. The number of pyridine rings is 2. The van der Waals surface area contributed by atoms with Crippen LogP contribution in [-0.4, -0.2) is 28.5 Å². The van der Waals surface area contributed by atoms with Crippen molar-refractivity contribution in [2.45, 2.75) is 6.92 Å². The number of nitrogens with zero attached hydrogens (tertiary/aromatic N) is 1. The first-order valence-corrected chi connectivity index (χ1v) is 7.65. The minimum absolute atomic E-state index is 0.0810. The van der Waals surface area contributed by atoms with Crippen LogP contribution in [0.15, 0.2) is 53.6 Å². The van der Waals surface area contributed by atoms with E-state index in [2.05, 4.69) is 15.3 Å². The molecular weight excluding hydrogens is 322 g/mol. The molecule has 0 saturated heterocycles. The number of rotatable bonds is 4. The first-order chi connectivity index (χ1) is 12.1. The number of amides is 1. The van der Waals surface area contributed by atoms with E-state index in [0.717, 1.165) is 0 Å². The molecule has 0 atom stereocenters. The molecule has 3 rings (SSSR count). The summed E-state index contributed by atoms with van der Waals surface area (Å²) >= 11 is 0. The SMILES string of the molecule is CCOC(=O)c1c[nH]c2ccc(NC(=O)c3ccccn3)cc2c1=O. The summed E-state index contributed by atoms with van der Waals surface area (Å²) in [6, 6.07) is 9.82. The second-order valence-electron chi connectivity index (χ2n) is 5.18. The van der Waals surface area contributed by atoms with Gasteiger partial charge in [0.2, 0.25) is 5.43 Å². The number of hydrogen-bond donors (Lipinski definition) is 2. The van der Waals surface area contributed by atoms with E-state index < -0.39 is 17.3 Å². The number of nitrogens with one attached hydrogen (secondary N) is 2. The predicted molar refractivity (Wildman–Crippen MR) is 92.7 cm³/mol. The molecule has 0 aliphatic rings. The molecule has 0 aliphatic carbocycles. The molecule has 0 unspecified atom stereocenters. The first kappa shape index (κ1) is 16.4. The van der Waals surface area contributed by atoms with Gasteiger partial charge in [0.05, 0.1) is 6.61 Å². The highest BCUT2D eigenvalue weighted by Gasteiger charge is 2.15. The van der Waals surface area contributed by atoms with Crippen molar-refractivity contribution < 1.29 is 14.3 Å². The highest BCUT2D eigenvalue weighted by molar-refractivity contribution is 6.04. The summed E-state index contributed by atoms with van der Waals surface area (Å²) in [6.45, 7) is 1.84. The van der Waals surface area contributed by atoms with Crippen LogP contribution in [0.25, 0.3) is 10.9 Å². The second-order valence-corrected chi connectivity index (χ2v) is 5.18. The summed E-state index contributed by atoms with van der Waals surface area (Å²) < 4.78 is 4.87. The molecule has 2 heterocycles. The van der Waals surface area contributed by atoms with Gasteiger partial charge in [-0.05, 0) is 37.3 Å². The van der Waals surface area contributed by atoms with E-state index >= 15 is 0 Å². The number of esters is 1. The van der Waals surface area contributed by atoms with Crippen LogP contribution in [0, 0.1) is 0 Å². The van der Waals surface area contributed by atoms with Gasteiger partial charge in [0.25, 0.3) is 5.91 Å². The predicted octanol–water partition coefficient (Wildman–Crippen LogP) is 2.35. The van der Waals surface area contributed by atoms with Crippen molar-refractivity contribution in [2.75, 3.05) is 11.9 Å². The smallest absolute Gasteiger partial charge is 0.343 e. The summed E-state index contributed by atoms with van der Waals surface area (Å²) in [5.41, 5.74) is 0.698. The number of fused-ring (bicyclic) bond motifs is 1. The summed E-state index contributed by atoms with van der Waals surface area (Å²) in [5, 5.41) is 2.96. The van der Waals surface area contributed by atoms with Crippen molar-refractivity contribution in [3.63, 3.8) is 0 Å². The molecule has 7 heteroatoms. The van der Waals surface area contributed by atoms with Gasteiger partial charge in [-0.15, -0.1) is 0 Å². The maximum Gasteiger partial charge on any atom is 0.343 e. The number of benzene rings is 1. The van der Waals surface area contributed by atoms with Crippen LogP contribution in [0.5, 0.6) is 0 Å². The number of aromatic amines is 1. The number of carbonyl (C=O) groups is 2. The maximum atomic E-state index is 12.5. The number of carbonyl (C=O) groups excluding carboxylic acids is 2. The molecule has 0 fully saturated rings. The molecule has 126 valence electrons. The third-order valence-electron chi connectivity index (χ3n) is 3.53. The fourth-order valence-corrected chi connectivity index (χ4v) is 2.35. The van der Waals surface area contributed by atoms with Crippen LogP contribution in [0.2, 0.25) is 0 Å². The Hall–Kier alpha value is -3.48. The van der Waals surface area contributed by atoms with Gasteiger partial charge in [0, 0.05) is 29.0 Å². The quantitative estimate of drug-likeness (QED) is 0.712. The minimum Gasteiger partial charge on any atom is -0.462 e. The standard InChI is InChI=1S/C18H15N3O4/c1-2-25-18(24)13-10-20-14-7-6-11(9-12(14)16(13)22)21-17(23)15-5-3-4-8-19-15/h3-10H,2H2,1H3,(H,20,22)(H,21,23). The zero-order valence-corrected chi connectivity index (χ0v) is 13.4. The van der Waals surface area contributed by atoms with Gasteiger partial charge < -0.3 is 15.0 Å². The lowest BCUT2D eigenvalue weighted by molar-refractivity contribution is 0.0524. The summed E-state index contributed by atoms with van der Waals surface area (Å²) in [5.74, 6) is -1.08. The number of hydrogen-bond acceptors (Lipinski definition) is 5. The summed E-state index contributed by atoms with van der Waals surface area (Å²) in [7, 11) is 0. The average Bonchev–Trinajstić information content (AvgIpc) is 2.63. The number of H-pyrrole nitrogens is 1. The zero-order chi connectivity index (χ0) is 17.8. The van der Waals surface area contributed by atoms with E-state index in [1.807, 2.05) is 0 Å². The first-order valence-electron chi connectivity index (χ1n) is 7.65. The Morgan fingerprint density at radius 3 is 2.80 bits per heavy atom. The van der Waals surface area contributed by atoms with Crippen LogP contribution in [0.3, 0.4) is 0 Å². The summed E-state index contributed by atoms with van der Waals surface area (Å²) in [4.78, 5) is 43.4. The lowest BCUT2D eigenvalue weighted by Gasteiger charge is -2.07. The van der Waals surface area contributed by atoms with E-state index in [-0.39, 0.29) is 23.3 Å². The number of ether oxygens (including phenoxy) is 1. The third kappa shape index (κ3) is 3.40. The van der Waals surface area contributed by atoms with E-state index in [1.165, 1.54) is 18.5 Å². The number of aromatic nitrogens is 2. The number of anilines is 1. The van der Waals surface area contributed by atoms with Crippen molar-refractivity contribution in [3.05, 3.63) is 70.3 Å². The molecular formula is C18H15N3O4. The van der Waals surface area contributed by atoms with Gasteiger partial charge in [-0.1, -0.05) is 6.07 Å². The zero-order valence-electron chi connectivity index (χ0n) is 13.4. The van der Waals surface area contributed by atoms with Crippen molar-refractivity contribution in [3.8, 4) is 0 Å². The second kappa shape index (κ2) is 6.96. The van der Waals surface area contributed by atoms with Gasteiger partial charge in [-0.3, -0.25) is 14.6 Å². The van der Waals surface area contributed by atoms with E-state index in [1.54, 1.807) is 37.3 Å². The molecule has 2 N–H and O–H groups in total. The normalized spacial score (nSPS) is 10.4. The molecule has 0 saturated carbocycles. The monoisotopic (exact) mass is 337 g/mol. The Balaban J connectivity index is 1.96. The Kier molecular flexibility index (Phi) is 4.56. The highest BCUT2D eigenvalue weighted by Crippen LogP contribution is 2.16. The molecule has 0 bridgehead atoms. The van der Waals surface area contributed by atoms with E-state index in [9.17, 15) is 14.4 Å². The highest BCUT2D eigenvalue weighted by atomic mass is 16.5. The Bertz CT molecular complexity index is 996. The average molecular weight is 337 g/mol. The fraction of sp³-hybridized carbons (Fsp3) is 0.111. The topological polar surface area (TPSA) is 101 Å². The molecule has 3 aromatic rings. The lowest BCUT2D eigenvalue weighted by Crippen LogP contribution is -2.18. The van der Waals surface area contributed by atoms with Gasteiger partial charge in [0.1, 0.15) is 11.3 Å². The molecule has 7 nitrogen and oxygen atoms in total. The third-order valence-corrected chi connectivity index (χ3v) is 3.53. The maximum absolute atomic E-state index is 12.5.